The third-order valence-corrected chi connectivity index (χ3v) is 5.73. The normalized spacial score (nSPS) is 14.4. The molecule has 1 aliphatic heterocycles. The van der Waals surface area contributed by atoms with E-state index in [2.05, 4.69) is 19.9 Å². The lowest BCUT2D eigenvalue weighted by Crippen LogP contribution is -2.49. The van der Waals surface area contributed by atoms with Gasteiger partial charge in [0.15, 0.2) is 0 Å². The number of hydrogen-bond donors (Lipinski definition) is 0. The van der Waals surface area contributed by atoms with Gasteiger partial charge in [-0.1, -0.05) is 23.7 Å². The van der Waals surface area contributed by atoms with Gasteiger partial charge in [0.05, 0.1) is 0 Å². The number of hydrogen-bond acceptors (Lipinski definition) is 6. The van der Waals surface area contributed by atoms with Crippen molar-refractivity contribution in [3.05, 3.63) is 58.3 Å². The lowest BCUT2D eigenvalue weighted by atomic mass is 10.2. The van der Waals surface area contributed by atoms with Crippen LogP contribution in [-0.4, -0.2) is 51.9 Å². The van der Waals surface area contributed by atoms with E-state index in [1.54, 1.807) is 18.5 Å². The molecule has 1 aromatic carbocycles. The minimum absolute atomic E-state index is 0.0225. The van der Waals surface area contributed by atoms with Gasteiger partial charge in [0.1, 0.15) is 10.7 Å². The monoisotopic (exact) mass is 399 g/mol. The zero-order valence-electron chi connectivity index (χ0n) is 14.8. The van der Waals surface area contributed by atoms with Crippen LogP contribution in [0.3, 0.4) is 0 Å². The van der Waals surface area contributed by atoms with Gasteiger partial charge in [0.2, 0.25) is 5.95 Å². The molecule has 1 saturated heterocycles. The molecule has 0 saturated carbocycles. The molecule has 1 amide bonds. The Morgan fingerprint density at radius 3 is 2.56 bits per heavy atom. The van der Waals surface area contributed by atoms with Crippen molar-refractivity contribution in [1.29, 1.82) is 0 Å². The van der Waals surface area contributed by atoms with Crippen molar-refractivity contribution in [2.75, 3.05) is 31.1 Å². The second kappa shape index (κ2) is 7.62. The van der Waals surface area contributed by atoms with Crippen LogP contribution >= 0.6 is 22.9 Å². The molecule has 0 N–H and O–H groups in total. The van der Waals surface area contributed by atoms with Crippen molar-refractivity contribution in [2.45, 2.75) is 6.92 Å². The molecule has 0 spiro atoms. The Hall–Kier alpha value is -2.51. The third kappa shape index (κ3) is 3.79. The molecule has 0 aliphatic carbocycles. The first kappa shape index (κ1) is 17.9. The summed E-state index contributed by atoms with van der Waals surface area (Å²) in [5.74, 6) is 0.684. The fraction of sp³-hybridized carbons (Fsp3) is 0.263. The maximum atomic E-state index is 13.0. The van der Waals surface area contributed by atoms with E-state index in [1.165, 1.54) is 11.3 Å². The number of thiazole rings is 1. The van der Waals surface area contributed by atoms with Gasteiger partial charge in [-0.15, -0.1) is 11.3 Å². The summed E-state index contributed by atoms with van der Waals surface area (Å²) in [4.78, 5) is 31.0. The van der Waals surface area contributed by atoms with E-state index in [0.717, 1.165) is 15.4 Å². The van der Waals surface area contributed by atoms with Gasteiger partial charge in [-0.2, -0.15) is 0 Å². The molecular weight excluding hydrogens is 382 g/mol. The average Bonchev–Trinajstić information content (AvgIpc) is 3.10. The van der Waals surface area contributed by atoms with Gasteiger partial charge in [0.25, 0.3) is 5.91 Å². The van der Waals surface area contributed by atoms with E-state index >= 15 is 0 Å². The van der Waals surface area contributed by atoms with Crippen molar-refractivity contribution >= 4 is 34.8 Å². The Morgan fingerprint density at radius 2 is 1.85 bits per heavy atom. The molecule has 1 aliphatic rings. The smallest absolute Gasteiger partial charge is 0.273 e. The molecule has 0 atom stereocenters. The van der Waals surface area contributed by atoms with Crippen LogP contribution in [0, 0.1) is 6.92 Å². The standard InChI is InChI=1S/C19H18ClN5OS/c1-13-16(23-17(27-13)14-4-2-5-15(20)12-14)18(26)24-8-10-25(11-9-24)19-21-6-3-7-22-19/h2-7,12H,8-11H2,1H3. The molecule has 0 bridgehead atoms. The van der Waals surface area contributed by atoms with Crippen molar-refractivity contribution in [2.24, 2.45) is 0 Å². The second-order valence-corrected chi connectivity index (χ2v) is 7.90. The van der Waals surface area contributed by atoms with Crippen LogP contribution in [-0.2, 0) is 0 Å². The number of anilines is 1. The molecule has 6 nitrogen and oxygen atoms in total. The summed E-state index contributed by atoms with van der Waals surface area (Å²) in [5.41, 5.74) is 1.46. The summed E-state index contributed by atoms with van der Waals surface area (Å²) in [6, 6.07) is 9.34. The SMILES string of the molecule is Cc1sc(-c2cccc(Cl)c2)nc1C(=O)N1CCN(c2ncccn2)CC1. The topological polar surface area (TPSA) is 62.2 Å². The van der Waals surface area contributed by atoms with Crippen molar-refractivity contribution in [3.8, 4) is 10.6 Å². The molecule has 3 heterocycles. The van der Waals surface area contributed by atoms with Crippen molar-refractivity contribution < 1.29 is 4.79 Å². The summed E-state index contributed by atoms with van der Waals surface area (Å²) >= 11 is 7.59. The first-order valence-corrected chi connectivity index (χ1v) is 9.86. The number of amides is 1. The number of piperazine rings is 1. The van der Waals surface area contributed by atoms with Crippen LogP contribution in [0.25, 0.3) is 10.6 Å². The molecule has 4 rings (SSSR count). The van der Waals surface area contributed by atoms with Gasteiger partial charge < -0.3 is 9.80 Å². The summed E-state index contributed by atoms with van der Waals surface area (Å²) < 4.78 is 0. The summed E-state index contributed by atoms with van der Waals surface area (Å²) in [6.07, 6.45) is 3.46. The highest BCUT2D eigenvalue weighted by Crippen LogP contribution is 2.30. The third-order valence-electron chi connectivity index (χ3n) is 4.47. The molecule has 2 aromatic heterocycles. The first-order valence-electron chi connectivity index (χ1n) is 8.66. The van der Waals surface area contributed by atoms with Crippen LogP contribution in [0.1, 0.15) is 15.4 Å². The van der Waals surface area contributed by atoms with Gasteiger partial charge in [0, 0.05) is 54.0 Å². The summed E-state index contributed by atoms with van der Waals surface area (Å²) in [5, 5.41) is 1.47. The van der Waals surface area contributed by atoms with Gasteiger partial charge >= 0.3 is 0 Å². The molecule has 8 heteroatoms. The van der Waals surface area contributed by atoms with E-state index in [9.17, 15) is 4.79 Å². The minimum Gasteiger partial charge on any atom is -0.337 e. The van der Waals surface area contributed by atoms with E-state index in [1.807, 2.05) is 36.1 Å². The van der Waals surface area contributed by atoms with Gasteiger partial charge in [-0.25, -0.2) is 15.0 Å². The lowest BCUT2D eigenvalue weighted by Gasteiger charge is -2.34. The molecular formula is C19H18ClN5OS. The predicted octanol–water partition coefficient (Wildman–Crippen LogP) is 3.52. The van der Waals surface area contributed by atoms with E-state index in [0.29, 0.717) is 42.8 Å². The molecule has 138 valence electrons. The van der Waals surface area contributed by atoms with Crippen molar-refractivity contribution in [3.63, 3.8) is 0 Å². The number of nitrogens with zero attached hydrogens (tertiary/aromatic N) is 5. The Morgan fingerprint density at radius 1 is 1.11 bits per heavy atom. The number of benzene rings is 1. The number of rotatable bonds is 3. The first-order chi connectivity index (χ1) is 13.1. The molecule has 27 heavy (non-hydrogen) atoms. The fourth-order valence-corrected chi connectivity index (χ4v) is 4.15. The predicted molar refractivity (Wildman–Crippen MR) is 107 cm³/mol. The molecule has 1 fully saturated rings. The van der Waals surface area contributed by atoms with Crippen LogP contribution in [0.5, 0.6) is 0 Å². The summed E-state index contributed by atoms with van der Waals surface area (Å²) in [6.45, 7) is 4.61. The zero-order chi connectivity index (χ0) is 18.8. The van der Waals surface area contributed by atoms with E-state index in [4.69, 9.17) is 11.6 Å². The van der Waals surface area contributed by atoms with Gasteiger partial charge in [-0.3, -0.25) is 4.79 Å². The van der Waals surface area contributed by atoms with Crippen molar-refractivity contribution in [1.82, 2.24) is 19.9 Å². The van der Waals surface area contributed by atoms with E-state index in [-0.39, 0.29) is 5.91 Å². The number of aryl methyl sites for hydroxylation is 1. The fourth-order valence-electron chi connectivity index (χ4n) is 3.05. The second-order valence-electron chi connectivity index (χ2n) is 6.26. The molecule has 3 aromatic rings. The maximum Gasteiger partial charge on any atom is 0.273 e. The lowest BCUT2D eigenvalue weighted by molar-refractivity contribution is 0.0740. The van der Waals surface area contributed by atoms with Gasteiger partial charge in [-0.05, 0) is 25.1 Å². The highest BCUT2D eigenvalue weighted by atomic mass is 35.5. The van der Waals surface area contributed by atoms with Crippen LogP contribution < -0.4 is 4.90 Å². The average molecular weight is 400 g/mol. The minimum atomic E-state index is -0.0225. The highest BCUT2D eigenvalue weighted by Gasteiger charge is 2.26. The Balaban J connectivity index is 1.48. The van der Waals surface area contributed by atoms with Crippen LogP contribution in [0.15, 0.2) is 42.7 Å². The van der Waals surface area contributed by atoms with E-state index < -0.39 is 0 Å². The maximum absolute atomic E-state index is 13.0. The number of aromatic nitrogens is 3. The quantitative estimate of drug-likeness (QED) is 0.674. The molecule has 0 unspecified atom stereocenters. The Bertz CT molecular complexity index is 954. The Labute approximate surface area is 166 Å². The highest BCUT2D eigenvalue weighted by molar-refractivity contribution is 7.15. The summed E-state index contributed by atoms with van der Waals surface area (Å²) in [7, 11) is 0. The zero-order valence-corrected chi connectivity index (χ0v) is 16.4. The number of carbonyl (C=O) groups excluding carboxylic acids is 1. The van der Waals surface area contributed by atoms with Crippen LogP contribution in [0.4, 0.5) is 5.95 Å². The Kier molecular flexibility index (Phi) is 5.05. The van der Waals surface area contributed by atoms with Crippen LogP contribution in [0.2, 0.25) is 5.02 Å². The number of halogens is 1. The number of carbonyl (C=O) groups is 1. The largest absolute Gasteiger partial charge is 0.337 e. The molecule has 0 radical (unpaired) electrons.